The molecule has 72 valence electrons. The highest BCUT2D eigenvalue weighted by Crippen LogP contribution is 2.01. The largest absolute Gasteiger partial charge is 0.361 e. The van der Waals surface area contributed by atoms with Crippen LogP contribution in [0, 0.1) is 6.92 Å². The fraction of sp³-hybridized carbons (Fsp3) is 0.556. The van der Waals surface area contributed by atoms with Gasteiger partial charge in [-0.05, 0) is 20.8 Å². The molecule has 1 N–H and O–H groups in total. The molecule has 1 aromatic heterocycles. The summed E-state index contributed by atoms with van der Waals surface area (Å²) in [7, 11) is 0. The summed E-state index contributed by atoms with van der Waals surface area (Å²) in [5.74, 6) is 0.704. The zero-order valence-electron chi connectivity index (χ0n) is 8.13. The quantitative estimate of drug-likeness (QED) is 0.760. The molecule has 0 aliphatic rings. The maximum absolute atomic E-state index is 11.2. The van der Waals surface area contributed by atoms with Crippen LogP contribution in [-0.2, 0) is 11.2 Å². The summed E-state index contributed by atoms with van der Waals surface area (Å²) in [5, 5.41) is 6.51. The van der Waals surface area contributed by atoms with Crippen molar-refractivity contribution >= 4 is 5.91 Å². The number of hydrogen-bond donors (Lipinski definition) is 1. The molecule has 0 unspecified atom stereocenters. The van der Waals surface area contributed by atoms with Gasteiger partial charge in [-0.3, -0.25) is 4.79 Å². The number of nitrogens with zero attached hydrogens (tertiary/aromatic N) is 1. The summed E-state index contributed by atoms with van der Waals surface area (Å²) < 4.78 is 4.84. The van der Waals surface area contributed by atoms with E-state index in [0.29, 0.717) is 5.69 Å². The first-order chi connectivity index (χ1) is 6.08. The first-order valence-electron chi connectivity index (χ1n) is 4.29. The lowest BCUT2D eigenvalue weighted by molar-refractivity contribution is -0.121. The topological polar surface area (TPSA) is 55.1 Å². The molecule has 0 saturated heterocycles. The molecule has 1 heterocycles. The lowest BCUT2D eigenvalue weighted by Crippen LogP contribution is -2.31. The van der Waals surface area contributed by atoms with E-state index in [1.807, 2.05) is 13.8 Å². The molecule has 0 spiro atoms. The van der Waals surface area contributed by atoms with Gasteiger partial charge in [0.05, 0.1) is 12.1 Å². The maximum atomic E-state index is 11.2. The minimum atomic E-state index is -0.0247. The van der Waals surface area contributed by atoms with Crippen LogP contribution >= 0.6 is 0 Å². The van der Waals surface area contributed by atoms with Crippen molar-refractivity contribution in [2.24, 2.45) is 0 Å². The van der Waals surface area contributed by atoms with Gasteiger partial charge < -0.3 is 9.84 Å². The number of aromatic nitrogens is 1. The van der Waals surface area contributed by atoms with Gasteiger partial charge in [-0.1, -0.05) is 5.16 Å². The SMILES string of the molecule is Cc1cc(CC(=O)NC(C)C)no1. The molecule has 0 bridgehead atoms. The van der Waals surface area contributed by atoms with Crippen molar-refractivity contribution < 1.29 is 9.32 Å². The molecule has 1 rings (SSSR count). The van der Waals surface area contributed by atoms with Crippen molar-refractivity contribution in [2.75, 3.05) is 0 Å². The Hall–Kier alpha value is -1.32. The Labute approximate surface area is 77.3 Å². The molecule has 0 fully saturated rings. The van der Waals surface area contributed by atoms with Crippen molar-refractivity contribution in [1.82, 2.24) is 10.5 Å². The van der Waals surface area contributed by atoms with E-state index >= 15 is 0 Å². The summed E-state index contributed by atoms with van der Waals surface area (Å²) in [6.45, 7) is 5.65. The van der Waals surface area contributed by atoms with E-state index in [0.717, 1.165) is 5.76 Å². The van der Waals surface area contributed by atoms with E-state index in [2.05, 4.69) is 10.5 Å². The van der Waals surface area contributed by atoms with Gasteiger partial charge in [0.2, 0.25) is 5.91 Å². The Balaban J connectivity index is 2.45. The summed E-state index contributed by atoms with van der Waals surface area (Å²) in [5.41, 5.74) is 0.677. The molecule has 0 radical (unpaired) electrons. The van der Waals surface area contributed by atoms with Crippen LogP contribution in [0.1, 0.15) is 25.3 Å². The van der Waals surface area contributed by atoms with E-state index in [4.69, 9.17) is 4.52 Å². The van der Waals surface area contributed by atoms with Crippen LogP contribution in [-0.4, -0.2) is 17.1 Å². The Morgan fingerprint density at radius 2 is 2.38 bits per heavy atom. The van der Waals surface area contributed by atoms with E-state index < -0.39 is 0 Å². The van der Waals surface area contributed by atoms with Crippen LogP contribution in [0.25, 0.3) is 0 Å². The van der Waals surface area contributed by atoms with Crippen LogP contribution in [0.5, 0.6) is 0 Å². The second-order valence-electron chi connectivity index (χ2n) is 3.33. The molecule has 0 saturated carbocycles. The predicted molar refractivity (Wildman–Crippen MR) is 48.2 cm³/mol. The summed E-state index contributed by atoms with van der Waals surface area (Å²) in [6, 6.07) is 1.93. The van der Waals surface area contributed by atoms with Crippen molar-refractivity contribution in [2.45, 2.75) is 33.2 Å². The summed E-state index contributed by atoms with van der Waals surface area (Å²) in [4.78, 5) is 11.2. The molecule has 4 heteroatoms. The molecule has 4 nitrogen and oxygen atoms in total. The second kappa shape index (κ2) is 4.07. The second-order valence-corrected chi connectivity index (χ2v) is 3.33. The van der Waals surface area contributed by atoms with Crippen molar-refractivity contribution in [3.63, 3.8) is 0 Å². The van der Waals surface area contributed by atoms with Crippen LogP contribution in [0.3, 0.4) is 0 Å². The monoisotopic (exact) mass is 182 g/mol. The first-order valence-corrected chi connectivity index (χ1v) is 4.29. The molecule has 0 aliphatic heterocycles. The van der Waals surface area contributed by atoms with Gasteiger partial charge in [0.15, 0.2) is 0 Å². The number of aryl methyl sites for hydroxylation is 1. The highest BCUT2D eigenvalue weighted by atomic mass is 16.5. The predicted octanol–water partition coefficient (Wildman–Crippen LogP) is 1.05. The van der Waals surface area contributed by atoms with Crippen molar-refractivity contribution in [1.29, 1.82) is 0 Å². The van der Waals surface area contributed by atoms with Crippen LogP contribution in [0.15, 0.2) is 10.6 Å². The van der Waals surface area contributed by atoms with Crippen LogP contribution in [0.2, 0.25) is 0 Å². The third-order valence-electron chi connectivity index (χ3n) is 1.47. The summed E-state index contributed by atoms with van der Waals surface area (Å²) in [6.07, 6.45) is 0.287. The number of amides is 1. The zero-order chi connectivity index (χ0) is 9.84. The van der Waals surface area contributed by atoms with E-state index in [9.17, 15) is 4.79 Å². The first kappa shape index (κ1) is 9.77. The minimum Gasteiger partial charge on any atom is -0.361 e. The number of hydrogen-bond acceptors (Lipinski definition) is 3. The lowest BCUT2D eigenvalue weighted by Gasteiger charge is -2.05. The van der Waals surface area contributed by atoms with Gasteiger partial charge >= 0.3 is 0 Å². The summed E-state index contributed by atoms with van der Waals surface area (Å²) >= 11 is 0. The van der Waals surface area contributed by atoms with Gasteiger partial charge in [-0.15, -0.1) is 0 Å². The van der Waals surface area contributed by atoms with Gasteiger partial charge in [-0.25, -0.2) is 0 Å². The fourth-order valence-electron chi connectivity index (χ4n) is 1.04. The Morgan fingerprint density at radius 1 is 1.69 bits per heavy atom. The smallest absolute Gasteiger partial charge is 0.226 e. The number of rotatable bonds is 3. The number of carbonyl (C=O) groups is 1. The normalized spacial score (nSPS) is 10.5. The molecule has 1 amide bonds. The zero-order valence-corrected chi connectivity index (χ0v) is 8.13. The molecule has 13 heavy (non-hydrogen) atoms. The molecule has 0 aliphatic carbocycles. The van der Waals surface area contributed by atoms with E-state index in [-0.39, 0.29) is 18.4 Å². The van der Waals surface area contributed by atoms with E-state index in [1.165, 1.54) is 0 Å². The molecular formula is C9H14N2O2. The minimum absolute atomic E-state index is 0.0247. The third kappa shape index (κ3) is 3.27. The number of carbonyl (C=O) groups excluding carboxylic acids is 1. The van der Waals surface area contributed by atoms with Crippen molar-refractivity contribution in [3.8, 4) is 0 Å². The fourth-order valence-corrected chi connectivity index (χ4v) is 1.04. The Bertz CT molecular complexity index is 292. The van der Waals surface area contributed by atoms with Crippen LogP contribution < -0.4 is 5.32 Å². The standard InChI is InChI=1S/C9H14N2O2/c1-6(2)10-9(12)5-8-4-7(3)13-11-8/h4,6H,5H2,1-3H3,(H,10,12). The van der Waals surface area contributed by atoms with Gasteiger partial charge in [0.1, 0.15) is 5.76 Å². The van der Waals surface area contributed by atoms with Gasteiger partial charge in [0, 0.05) is 12.1 Å². The number of nitrogens with one attached hydrogen (secondary N) is 1. The highest BCUT2D eigenvalue weighted by Gasteiger charge is 2.07. The molecule has 0 aromatic carbocycles. The van der Waals surface area contributed by atoms with Gasteiger partial charge in [0.25, 0.3) is 0 Å². The molecule has 1 aromatic rings. The lowest BCUT2D eigenvalue weighted by atomic mass is 10.2. The van der Waals surface area contributed by atoms with Gasteiger partial charge in [-0.2, -0.15) is 0 Å². The molecular weight excluding hydrogens is 168 g/mol. The highest BCUT2D eigenvalue weighted by molar-refractivity contribution is 5.78. The van der Waals surface area contributed by atoms with Crippen molar-refractivity contribution in [3.05, 3.63) is 17.5 Å². The molecule has 0 atom stereocenters. The Morgan fingerprint density at radius 3 is 2.85 bits per heavy atom. The third-order valence-corrected chi connectivity index (χ3v) is 1.47. The van der Waals surface area contributed by atoms with Crippen LogP contribution in [0.4, 0.5) is 0 Å². The van der Waals surface area contributed by atoms with E-state index in [1.54, 1.807) is 13.0 Å². The average molecular weight is 182 g/mol. The Kier molecular flexibility index (Phi) is 3.06. The maximum Gasteiger partial charge on any atom is 0.226 e. The average Bonchev–Trinajstić information content (AvgIpc) is 2.33.